The van der Waals surface area contributed by atoms with E-state index in [1.807, 2.05) is 0 Å². The van der Waals surface area contributed by atoms with E-state index in [2.05, 4.69) is 10.2 Å². The number of nitrogens with zero attached hydrogens (tertiary/aromatic N) is 1. The number of unbranched alkanes of at least 4 members (excludes halogenated alkanes) is 2. The fourth-order valence-electron chi connectivity index (χ4n) is 2.58. The van der Waals surface area contributed by atoms with Gasteiger partial charge in [0.1, 0.15) is 0 Å². The van der Waals surface area contributed by atoms with Crippen LogP contribution >= 0.6 is 0 Å². The monoisotopic (exact) mass is 254 g/mol. The Labute approximate surface area is 112 Å². The van der Waals surface area contributed by atoms with Crippen molar-refractivity contribution < 1.29 is 4.74 Å². The van der Waals surface area contributed by atoms with Crippen LogP contribution in [0.5, 0.6) is 0 Å². The third kappa shape index (κ3) is 6.72. The van der Waals surface area contributed by atoms with E-state index in [1.165, 1.54) is 71.0 Å². The van der Waals surface area contributed by atoms with E-state index in [0.29, 0.717) is 0 Å². The van der Waals surface area contributed by atoms with E-state index in [4.69, 9.17) is 4.74 Å². The molecule has 1 aliphatic carbocycles. The van der Waals surface area contributed by atoms with Crippen LogP contribution in [0, 0.1) is 0 Å². The topological polar surface area (TPSA) is 24.5 Å². The average molecular weight is 254 g/mol. The molecule has 0 aromatic carbocycles. The van der Waals surface area contributed by atoms with Crippen molar-refractivity contribution in [2.24, 2.45) is 0 Å². The zero-order chi connectivity index (χ0) is 12.5. The van der Waals surface area contributed by atoms with Gasteiger partial charge in [0.2, 0.25) is 0 Å². The van der Waals surface area contributed by atoms with Crippen molar-refractivity contribution in [2.45, 2.75) is 57.4 Å². The van der Waals surface area contributed by atoms with Gasteiger partial charge in [0.25, 0.3) is 0 Å². The minimum atomic E-state index is 0.866. The van der Waals surface area contributed by atoms with Crippen molar-refractivity contribution >= 4 is 0 Å². The van der Waals surface area contributed by atoms with Crippen LogP contribution in [0.4, 0.5) is 0 Å². The summed E-state index contributed by atoms with van der Waals surface area (Å²) in [6.45, 7) is 6.81. The molecule has 2 fully saturated rings. The van der Waals surface area contributed by atoms with Crippen LogP contribution in [-0.2, 0) is 4.74 Å². The molecule has 0 aromatic heterocycles. The van der Waals surface area contributed by atoms with E-state index in [0.717, 1.165) is 25.8 Å². The van der Waals surface area contributed by atoms with Crippen molar-refractivity contribution in [3.05, 3.63) is 0 Å². The van der Waals surface area contributed by atoms with Crippen LogP contribution in [0.3, 0.4) is 0 Å². The van der Waals surface area contributed by atoms with Gasteiger partial charge in [-0.3, -0.25) is 0 Å². The molecule has 2 aliphatic rings. The molecule has 2 rings (SSSR count). The molecule has 18 heavy (non-hydrogen) atoms. The van der Waals surface area contributed by atoms with Gasteiger partial charge in [-0.15, -0.1) is 0 Å². The normalized spacial score (nSPS) is 21.3. The summed E-state index contributed by atoms with van der Waals surface area (Å²) in [5.41, 5.74) is 0. The fraction of sp³-hybridized carbons (Fsp3) is 1.00. The first kappa shape index (κ1) is 14.3. The largest absolute Gasteiger partial charge is 0.380 e. The Morgan fingerprint density at radius 2 is 1.78 bits per heavy atom. The molecule has 0 amide bonds. The summed E-state index contributed by atoms with van der Waals surface area (Å²) in [5.74, 6) is 0. The van der Waals surface area contributed by atoms with Crippen molar-refractivity contribution in [2.75, 3.05) is 39.4 Å². The highest BCUT2D eigenvalue weighted by atomic mass is 16.5. The SMILES string of the molecule is C(CCNC1CC1)CCOCCN1CCCCC1. The van der Waals surface area contributed by atoms with Gasteiger partial charge in [-0.25, -0.2) is 0 Å². The van der Waals surface area contributed by atoms with Gasteiger partial charge in [0.15, 0.2) is 0 Å². The summed E-state index contributed by atoms with van der Waals surface area (Å²) in [7, 11) is 0. The minimum absolute atomic E-state index is 0.866. The summed E-state index contributed by atoms with van der Waals surface area (Å²) in [6, 6.07) is 0.866. The van der Waals surface area contributed by atoms with E-state index in [-0.39, 0.29) is 0 Å². The Balaban J connectivity index is 1.28. The lowest BCUT2D eigenvalue weighted by atomic mass is 10.1. The first-order valence-corrected chi connectivity index (χ1v) is 7.98. The standard InChI is InChI=1S/C15H30N2O/c1(3-9-16-15-7-8-15)6-13-18-14-12-17-10-4-2-5-11-17/h15-16H,1-14H2. The molecule has 1 aliphatic heterocycles. The molecular weight excluding hydrogens is 224 g/mol. The highest BCUT2D eigenvalue weighted by Crippen LogP contribution is 2.18. The molecule has 0 spiro atoms. The Morgan fingerprint density at radius 3 is 2.56 bits per heavy atom. The Kier molecular flexibility index (Phi) is 7.06. The number of likely N-dealkylation sites (tertiary alicyclic amines) is 1. The molecule has 3 heteroatoms. The summed E-state index contributed by atoms with van der Waals surface area (Å²) in [4.78, 5) is 2.54. The Morgan fingerprint density at radius 1 is 0.944 bits per heavy atom. The van der Waals surface area contributed by atoms with Crippen LogP contribution < -0.4 is 5.32 Å². The highest BCUT2D eigenvalue weighted by Gasteiger charge is 2.19. The molecular formula is C15H30N2O. The third-order valence-electron chi connectivity index (χ3n) is 3.98. The first-order chi connectivity index (χ1) is 8.95. The smallest absolute Gasteiger partial charge is 0.0593 e. The number of hydrogen-bond acceptors (Lipinski definition) is 3. The second-order valence-electron chi connectivity index (χ2n) is 5.80. The second kappa shape index (κ2) is 8.89. The van der Waals surface area contributed by atoms with Crippen molar-refractivity contribution in [3.8, 4) is 0 Å². The van der Waals surface area contributed by atoms with Crippen molar-refractivity contribution in [1.29, 1.82) is 0 Å². The summed E-state index contributed by atoms with van der Waals surface area (Å²) in [6.07, 6.45) is 10.8. The number of nitrogens with one attached hydrogen (secondary N) is 1. The van der Waals surface area contributed by atoms with Crippen LogP contribution in [0.25, 0.3) is 0 Å². The quantitative estimate of drug-likeness (QED) is 0.606. The van der Waals surface area contributed by atoms with Gasteiger partial charge in [-0.2, -0.15) is 0 Å². The average Bonchev–Trinajstić information content (AvgIpc) is 3.22. The third-order valence-corrected chi connectivity index (χ3v) is 3.98. The molecule has 0 aromatic rings. The lowest BCUT2D eigenvalue weighted by Crippen LogP contribution is -2.32. The maximum atomic E-state index is 5.71. The fourth-order valence-corrected chi connectivity index (χ4v) is 2.58. The van der Waals surface area contributed by atoms with Crippen molar-refractivity contribution in [3.63, 3.8) is 0 Å². The highest BCUT2D eigenvalue weighted by molar-refractivity contribution is 4.80. The lowest BCUT2D eigenvalue weighted by Gasteiger charge is -2.26. The molecule has 1 heterocycles. The van der Waals surface area contributed by atoms with E-state index in [9.17, 15) is 0 Å². The van der Waals surface area contributed by atoms with Gasteiger partial charge in [0, 0.05) is 19.2 Å². The zero-order valence-corrected chi connectivity index (χ0v) is 11.8. The predicted octanol–water partition coefficient (Wildman–Crippen LogP) is 2.41. The van der Waals surface area contributed by atoms with Crippen LogP contribution in [0.15, 0.2) is 0 Å². The Hall–Kier alpha value is -0.120. The van der Waals surface area contributed by atoms with Crippen LogP contribution in [-0.4, -0.2) is 50.3 Å². The van der Waals surface area contributed by atoms with Gasteiger partial charge >= 0.3 is 0 Å². The maximum Gasteiger partial charge on any atom is 0.0593 e. The van der Waals surface area contributed by atoms with Crippen LogP contribution in [0.1, 0.15) is 51.4 Å². The number of hydrogen-bond donors (Lipinski definition) is 1. The Bertz CT molecular complexity index is 201. The van der Waals surface area contributed by atoms with E-state index in [1.54, 1.807) is 0 Å². The molecule has 1 saturated heterocycles. The zero-order valence-electron chi connectivity index (χ0n) is 11.8. The summed E-state index contributed by atoms with van der Waals surface area (Å²) in [5, 5.41) is 3.55. The van der Waals surface area contributed by atoms with Crippen molar-refractivity contribution in [1.82, 2.24) is 10.2 Å². The molecule has 1 saturated carbocycles. The minimum Gasteiger partial charge on any atom is -0.380 e. The first-order valence-electron chi connectivity index (χ1n) is 7.98. The molecule has 0 bridgehead atoms. The summed E-state index contributed by atoms with van der Waals surface area (Å²) >= 11 is 0. The molecule has 0 radical (unpaired) electrons. The molecule has 1 N–H and O–H groups in total. The number of ether oxygens (including phenoxy) is 1. The van der Waals surface area contributed by atoms with Gasteiger partial charge in [-0.05, 0) is 64.6 Å². The second-order valence-corrected chi connectivity index (χ2v) is 5.80. The van der Waals surface area contributed by atoms with Gasteiger partial charge in [0.05, 0.1) is 6.61 Å². The maximum absolute atomic E-state index is 5.71. The van der Waals surface area contributed by atoms with Crippen LogP contribution in [0.2, 0.25) is 0 Å². The van der Waals surface area contributed by atoms with Gasteiger partial charge < -0.3 is 15.0 Å². The summed E-state index contributed by atoms with van der Waals surface area (Å²) < 4.78 is 5.71. The molecule has 0 atom stereocenters. The van der Waals surface area contributed by atoms with Gasteiger partial charge in [-0.1, -0.05) is 6.42 Å². The molecule has 3 nitrogen and oxygen atoms in total. The molecule has 106 valence electrons. The molecule has 0 unspecified atom stereocenters. The number of rotatable bonds is 10. The number of piperidine rings is 1. The lowest BCUT2D eigenvalue weighted by molar-refractivity contribution is 0.0939. The predicted molar refractivity (Wildman–Crippen MR) is 76.0 cm³/mol. The van der Waals surface area contributed by atoms with E-state index >= 15 is 0 Å². The van der Waals surface area contributed by atoms with E-state index < -0.39 is 0 Å².